The van der Waals surface area contributed by atoms with E-state index in [1.54, 1.807) is 0 Å². The highest BCUT2D eigenvalue weighted by Crippen LogP contribution is 2.30. The van der Waals surface area contributed by atoms with Gasteiger partial charge in [-0.05, 0) is 5.56 Å². The van der Waals surface area contributed by atoms with E-state index in [4.69, 9.17) is 4.42 Å². The third kappa shape index (κ3) is 2.94. The summed E-state index contributed by atoms with van der Waals surface area (Å²) in [5.41, 5.74) is -0.216. The van der Waals surface area contributed by atoms with E-state index in [9.17, 15) is 14.9 Å². The summed E-state index contributed by atoms with van der Waals surface area (Å²) in [5, 5.41) is 11.5. The Morgan fingerprint density at radius 1 is 1.38 bits per heavy atom. The van der Waals surface area contributed by atoms with Crippen LogP contribution in [0, 0.1) is 10.1 Å². The van der Waals surface area contributed by atoms with E-state index in [1.807, 2.05) is 30.3 Å². The van der Waals surface area contributed by atoms with Crippen molar-refractivity contribution in [2.24, 2.45) is 0 Å². The van der Waals surface area contributed by atoms with Crippen molar-refractivity contribution in [3.8, 4) is 0 Å². The molecule has 0 radical (unpaired) electrons. The number of methoxy groups -OCH3 is 1. The molecule has 0 aliphatic heterocycles. The zero-order chi connectivity index (χ0) is 15.5. The fourth-order valence-corrected chi connectivity index (χ4v) is 2.09. The molecular formula is C15H15NO5. The van der Waals surface area contributed by atoms with E-state index in [2.05, 4.69) is 4.74 Å². The summed E-state index contributed by atoms with van der Waals surface area (Å²) in [5.74, 6) is -0.708. The Labute approximate surface area is 121 Å². The second kappa shape index (κ2) is 5.78. The van der Waals surface area contributed by atoms with Gasteiger partial charge in [0.2, 0.25) is 5.76 Å². The van der Waals surface area contributed by atoms with Crippen LogP contribution in [0.25, 0.3) is 0 Å². The maximum atomic E-state index is 11.5. The molecule has 0 aliphatic rings. The van der Waals surface area contributed by atoms with Gasteiger partial charge in [0.05, 0.1) is 12.7 Å². The van der Waals surface area contributed by atoms with Crippen LogP contribution in [-0.4, -0.2) is 18.0 Å². The lowest BCUT2D eigenvalue weighted by molar-refractivity contribution is -0.574. The van der Waals surface area contributed by atoms with E-state index < -0.39 is 11.5 Å². The maximum Gasteiger partial charge on any atom is 0.373 e. The van der Waals surface area contributed by atoms with Crippen molar-refractivity contribution in [1.29, 1.82) is 0 Å². The molecule has 1 unspecified atom stereocenters. The number of hydrogen-bond acceptors (Lipinski definition) is 5. The zero-order valence-corrected chi connectivity index (χ0v) is 11.7. The van der Waals surface area contributed by atoms with Gasteiger partial charge in [-0.1, -0.05) is 30.3 Å². The molecule has 21 heavy (non-hydrogen) atoms. The predicted octanol–water partition coefficient (Wildman–Crippen LogP) is 2.80. The lowest BCUT2D eigenvalue weighted by atomic mass is 9.88. The Bertz CT molecular complexity index is 649. The summed E-state index contributed by atoms with van der Waals surface area (Å²) in [4.78, 5) is 22.5. The van der Waals surface area contributed by atoms with Gasteiger partial charge in [0.25, 0.3) is 5.54 Å². The Morgan fingerprint density at radius 2 is 2.05 bits per heavy atom. The molecule has 1 heterocycles. The fourth-order valence-electron chi connectivity index (χ4n) is 2.09. The number of rotatable bonds is 5. The van der Waals surface area contributed by atoms with Gasteiger partial charge < -0.3 is 9.15 Å². The van der Waals surface area contributed by atoms with Gasteiger partial charge >= 0.3 is 5.97 Å². The molecule has 0 saturated heterocycles. The number of hydrogen-bond donors (Lipinski definition) is 0. The Morgan fingerprint density at radius 3 is 2.62 bits per heavy atom. The molecule has 0 aliphatic carbocycles. The van der Waals surface area contributed by atoms with Crippen molar-refractivity contribution >= 4 is 5.97 Å². The monoisotopic (exact) mass is 289 g/mol. The molecule has 2 aromatic rings. The molecule has 110 valence electrons. The highest BCUT2D eigenvalue weighted by Gasteiger charge is 2.41. The van der Waals surface area contributed by atoms with Crippen molar-refractivity contribution in [2.45, 2.75) is 18.9 Å². The topological polar surface area (TPSA) is 82.6 Å². The molecule has 2 rings (SSSR count). The Balaban J connectivity index is 2.36. The van der Waals surface area contributed by atoms with E-state index in [0.29, 0.717) is 5.56 Å². The molecule has 6 heteroatoms. The number of nitrogens with zero attached hydrogens (tertiary/aromatic N) is 1. The third-order valence-corrected chi connectivity index (χ3v) is 3.40. The average Bonchev–Trinajstić information content (AvgIpc) is 2.97. The van der Waals surface area contributed by atoms with E-state index in [-0.39, 0.29) is 17.1 Å². The van der Waals surface area contributed by atoms with E-state index in [0.717, 1.165) is 5.56 Å². The van der Waals surface area contributed by atoms with Crippen molar-refractivity contribution in [3.05, 3.63) is 69.7 Å². The summed E-state index contributed by atoms with van der Waals surface area (Å²) in [6, 6.07) is 10.5. The van der Waals surface area contributed by atoms with Gasteiger partial charge in [0, 0.05) is 24.3 Å². The molecule has 1 aromatic heterocycles. The molecule has 0 amide bonds. The number of carbonyl (C=O) groups excluding carboxylic acids is 1. The van der Waals surface area contributed by atoms with Gasteiger partial charge in [0.1, 0.15) is 6.26 Å². The quantitative estimate of drug-likeness (QED) is 0.480. The summed E-state index contributed by atoms with van der Waals surface area (Å²) in [7, 11) is 1.22. The van der Waals surface area contributed by atoms with Crippen LogP contribution in [-0.2, 0) is 16.7 Å². The van der Waals surface area contributed by atoms with Gasteiger partial charge in [-0.15, -0.1) is 0 Å². The highest BCUT2D eigenvalue weighted by atomic mass is 16.6. The molecule has 6 nitrogen and oxygen atoms in total. The van der Waals surface area contributed by atoms with Gasteiger partial charge in [-0.3, -0.25) is 10.1 Å². The summed E-state index contributed by atoms with van der Waals surface area (Å²) in [6.45, 7) is 1.51. The maximum absolute atomic E-state index is 11.5. The van der Waals surface area contributed by atoms with Crippen LogP contribution in [0.2, 0.25) is 0 Å². The molecule has 0 fully saturated rings. The first-order valence-electron chi connectivity index (χ1n) is 6.33. The second-order valence-corrected chi connectivity index (χ2v) is 4.88. The Hall–Kier alpha value is -2.63. The smallest absolute Gasteiger partial charge is 0.373 e. The number of esters is 1. The molecule has 0 saturated carbocycles. The fraction of sp³-hybridized carbons (Fsp3) is 0.267. The predicted molar refractivity (Wildman–Crippen MR) is 74.5 cm³/mol. The zero-order valence-electron chi connectivity index (χ0n) is 11.7. The number of nitro groups is 1. The summed E-state index contributed by atoms with van der Waals surface area (Å²) in [6.07, 6.45) is 1.43. The average molecular weight is 289 g/mol. The Kier molecular flexibility index (Phi) is 4.07. The normalized spacial score (nSPS) is 13.4. The van der Waals surface area contributed by atoms with Crippen LogP contribution in [0.3, 0.4) is 0 Å². The van der Waals surface area contributed by atoms with Crippen LogP contribution in [0.1, 0.15) is 28.6 Å². The van der Waals surface area contributed by atoms with Crippen LogP contribution in [0.4, 0.5) is 0 Å². The van der Waals surface area contributed by atoms with E-state index in [1.165, 1.54) is 26.4 Å². The summed E-state index contributed by atoms with van der Waals surface area (Å²) < 4.78 is 9.61. The van der Waals surface area contributed by atoms with Crippen LogP contribution in [0.15, 0.2) is 47.1 Å². The van der Waals surface area contributed by atoms with Crippen molar-refractivity contribution in [1.82, 2.24) is 0 Å². The van der Waals surface area contributed by atoms with Crippen molar-refractivity contribution < 1.29 is 18.9 Å². The molecule has 1 aromatic carbocycles. The van der Waals surface area contributed by atoms with Gasteiger partial charge in [-0.2, -0.15) is 0 Å². The van der Waals surface area contributed by atoms with Gasteiger partial charge in [0.15, 0.2) is 0 Å². The number of carbonyl (C=O) groups is 1. The van der Waals surface area contributed by atoms with Crippen LogP contribution in [0.5, 0.6) is 0 Å². The first-order valence-corrected chi connectivity index (χ1v) is 6.33. The summed E-state index contributed by atoms with van der Waals surface area (Å²) >= 11 is 0. The molecule has 0 N–H and O–H groups in total. The van der Waals surface area contributed by atoms with E-state index >= 15 is 0 Å². The second-order valence-electron chi connectivity index (χ2n) is 4.88. The molecule has 0 bridgehead atoms. The largest absolute Gasteiger partial charge is 0.463 e. The minimum Gasteiger partial charge on any atom is -0.463 e. The van der Waals surface area contributed by atoms with Crippen LogP contribution >= 0.6 is 0 Å². The first kappa shape index (κ1) is 14.8. The van der Waals surface area contributed by atoms with Crippen molar-refractivity contribution in [3.63, 3.8) is 0 Å². The van der Waals surface area contributed by atoms with Crippen molar-refractivity contribution in [2.75, 3.05) is 7.11 Å². The molecule has 1 atom stereocenters. The molecule has 0 spiro atoms. The lowest BCUT2D eigenvalue weighted by Crippen LogP contribution is -2.34. The lowest BCUT2D eigenvalue weighted by Gasteiger charge is -2.19. The number of benzene rings is 1. The first-order chi connectivity index (χ1) is 9.97. The van der Waals surface area contributed by atoms with Gasteiger partial charge in [-0.25, -0.2) is 4.79 Å². The SMILES string of the molecule is COC(=O)c1cc(C(C)(Cc2ccccc2)[N+](=O)[O-])co1. The minimum absolute atomic E-state index is 0.0476. The standard InChI is InChI=1S/C15H15NO5/c1-15(16(18)19,9-11-6-4-3-5-7-11)12-8-13(21-10-12)14(17)20-2/h3-8,10H,9H2,1-2H3. The number of ether oxygens (including phenoxy) is 1. The number of furan rings is 1. The third-order valence-electron chi connectivity index (χ3n) is 3.40. The van der Waals surface area contributed by atoms with Crippen LogP contribution < -0.4 is 0 Å². The minimum atomic E-state index is -1.38. The molecular weight excluding hydrogens is 274 g/mol. The highest BCUT2D eigenvalue weighted by molar-refractivity contribution is 5.86.